The Morgan fingerprint density at radius 1 is 1.14 bits per heavy atom. The first-order valence-corrected chi connectivity index (χ1v) is 5.97. The summed E-state index contributed by atoms with van der Waals surface area (Å²) in [4.78, 5) is 2.44. The SMILES string of the molecule is OC(CN1CCCCCC1)C1CNC1. The van der Waals surface area contributed by atoms with Crippen LogP contribution in [0.5, 0.6) is 0 Å². The minimum absolute atomic E-state index is 0.102. The molecule has 0 aromatic rings. The Balaban J connectivity index is 1.71. The number of hydrogen-bond donors (Lipinski definition) is 2. The van der Waals surface area contributed by atoms with E-state index in [0.29, 0.717) is 5.92 Å². The molecule has 1 unspecified atom stereocenters. The van der Waals surface area contributed by atoms with Crippen molar-refractivity contribution in [2.45, 2.75) is 31.8 Å². The zero-order valence-corrected chi connectivity index (χ0v) is 8.91. The first-order valence-electron chi connectivity index (χ1n) is 5.97. The lowest BCUT2D eigenvalue weighted by atomic mass is 9.96. The third-order valence-corrected chi connectivity index (χ3v) is 3.50. The lowest BCUT2D eigenvalue weighted by molar-refractivity contribution is 0.0424. The van der Waals surface area contributed by atoms with Gasteiger partial charge in [-0.05, 0) is 25.9 Å². The summed E-state index contributed by atoms with van der Waals surface area (Å²) in [5.41, 5.74) is 0. The lowest BCUT2D eigenvalue weighted by Gasteiger charge is -2.34. The van der Waals surface area contributed by atoms with E-state index in [1.807, 2.05) is 0 Å². The van der Waals surface area contributed by atoms with E-state index in [-0.39, 0.29) is 6.10 Å². The van der Waals surface area contributed by atoms with Gasteiger partial charge in [0.2, 0.25) is 0 Å². The van der Waals surface area contributed by atoms with Gasteiger partial charge >= 0.3 is 0 Å². The summed E-state index contributed by atoms with van der Waals surface area (Å²) in [6.45, 7) is 5.30. The number of aliphatic hydroxyl groups excluding tert-OH is 1. The van der Waals surface area contributed by atoms with E-state index in [9.17, 15) is 5.11 Å². The highest BCUT2D eigenvalue weighted by atomic mass is 16.3. The maximum absolute atomic E-state index is 9.93. The molecule has 0 aromatic carbocycles. The Labute approximate surface area is 86.5 Å². The summed E-state index contributed by atoms with van der Waals surface area (Å²) < 4.78 is 0. The third-order valence-electron chi connectivity index (χ3n) is 3.50. The molecule has 0 aromatic heterocycles. The molecule has 2 heterocycles. The van der Waals surface area contributed by atoms with Crippen molar-refractivity contribution in [2.24, 2.45) is 5.92 Å². The summed E-state index contributed by atoms with van der Waals surface area (Å²) in [7, 11) is 0. The summed E-state index contributed by atoms with van der Waals surface area (Å²) in [6.07, 6.45) is 5.27. The molecule has 0 spiro atoms. The summed E-state index contributed by atoms with van der Waals surface area (Å²) in [6, 6.07) is 0. The second kappa shape index (κ2) is 5.10. The summed E-state index contributed by atoms with van der Waals surface area (Å²) in [5, 5.41) is 13.1. The molecular weight excluding hydrogens is 176 g/mol. The summed E-state index contributed by atoms with van der Waals surface area (Å²) in [5.74, 6) is 0.512. The molecule has 14 heavy (non-hydrogen) atoms. The van der Waals surface area contributed by atoms with Gasteiger partial charge in [-0.15, -0.1) is 0 Å². The van der Waals surface area contributed by atoms with Crippen molar-refractivity contribution >= 4 is 0 Å². The van der Waals surface area contributed by atoms with E-state index >= 15 is 0 Å². The molecule has 2 aliphatic rings. The van der Waals surface area contributed by atoms with Gasteiger partial charge in [-0.2, -0.15) is 0 Å². The minimum Gasteiger partial charge on any atom is -0.391 e. The Kier molecular flexibility index (Phi) is 3.79. The van der Waals surface area contributed by atoms with Crippen LogP contribution in [-0.2, 0) is 0 Å². The molecule has 2 fully saturated rings. The number of likely N-dealkylation sites (tertiary alicyclic amines) is 1. The normalized spacial score (nSPS) is 28.1. The molecule has 82 valence electrons. The van der Waals surface area contributed by atoms with Crippen molar-refractivity contribution < 1.29 is 5.11 Å². The van der Waals surface area contributed by atoms with Crippen molar-refractivity contribution in [3.8, 4) is 0 Å². The fourth-order valence-electron chi connectivity index (χ4n) is 2.32. The minimum atomic E-state index is -0.102. The molecule has 2 N–H and O–H groups in total. The van der Waals surface area contributed by atoms with Crippen LogP contribution in [0.15, 0.2) is 0 Å². The number of nitrogens with one attached hydrogen (secondary N) is 1. The lowest BCUT2D eigenvalue weighted by Crippen LogP contribution is -2.51. The van der Waals surface area contributed by atoms with Gasteiger partial charge in [-0.3, -0.25) is 0 Å². The Bertz CT molecular complexity index is 163. The number of hydrogen-bond acceptors (Lipinski definition) is 3. The largest absolute Gasteiger partial charge is 0.391 e. The highest BCUT2D eigenvalue weighted by Crippen LogP contribution is 2.14. The van der Waals surface area contributed by atoms with Crippen molar-refractivity contribution in [1.29, 1.82) is 0 Å². The van der Waals surface area contributed by atoms with E-state index < -0.39 is 0 Å². The number of rotatable bonds is 3. The fourth-order valence-corrected chi connectivity index (χ4v) is 2.32. The van der Waals surface area contributed by atoms with Gasteiger partial charge in [-0.25, -0.2) is 0 Å². The smallest absolute Gasteiger partial charge is 0.0719 e. The molecule has 2 rings (SSSR count). The average Bonchev–Trinajstić information content (AvgIpc) is 2.29. The highest BCUT2D eigenvalue weighted by Gasteiger charge is 2.26. The van der Waals surface area contributed by atoms with E-state index in [1.165, 1.54) is 38.8 Å². The monoisotopic (exact) mass is 198 g/mol. The molecule has 0 aliphatic carbocycles. The Morgan fingerprint density at radius 2 is 1.79 bits per heavy atom. The van der Waals surface area contributed by atoms with Crippen molar-refractivity contribution in [2.75, 3.05) is 32.7 Å². The number of β-amino-alcohol motifs (C(OH)–C–C–N with tert-alkyl or cyclic N) is 1. The van der Waals surface area contributed by atoms with Crippen LogP contribution in [0.25, 0.3) is 0 Å². The van der Waals surface area contributed by atoms with Gasteiger partial charge in [-0.1, -0.05) is 12.8 Å². The van der Waals surface area contributed by atoms with Gasteiger partial charge in [0.25, 0.3) is 0 Å². The zero-order chi connectivity index (χ0) is 9.80. The molecule has 3 nitrogen and oxygen atoms in total. The van der Waals surface area contributed by atoms with E-state index in [0.717, 1.165) is 19.6 Å². The maximum atomic E-state index is 9.93. The molecule has 2 saturated heterocycles. The van der Waals surface area contributed by atoms with Crippen molar-refractivity contribution in [1.82, 2.24) is 10.2 Å². The van der Waals surface area contributed by atoms with Crippen LogP contribution >= 0.6 is 0 Å². The van der Waals surface area contributed by atoms with Gasteiger partial charge in [0.15, 0.2) is 0 Å². The van der Waals surface area contributed by atoms with Gasteiger partial charge in [0.05, 0.1) is 6.10 Å². The van der Waals surface area contributed by atoms with Crippen LogP contribution < -0.4 is 5.32 Å². The van der Waals surface area contributed by atoms with Crippen LogP contribution in [0.3, 0.4) is 0 Å². The fraction of sp³-hybridized carbons (Fsp3) is 1.00. The van der Waals surface area contributed by atoms with Crippen molar-refractivity contribution in [3.05, 3.63) is 0 Å². The second-order valence-electron chi connectivity index (χ2n) is 4.70. The number of nitrogens with zero attached hydrogens (tertiary/aromatic N) is 1. The van der Waals surface area contributed by atoms with Crippen molar-refractivity contribution in [3.63, 3.8) is 0 Å². The molecular formula is C11H22N2O. The molecule has 0 radical (unpaired) electrons. The molecule has 0 amide bonds. The van der Waals surface area contributed by atoms with Crippen LogP contribution in [0, 0.1) is 5.92 Å². The summed E-state index contributed by atoms with van der Waals surface area (Å²) >= 11 is 0. The van der Waals surface area contributed by atoms with Gasteiger partial charge in [0.1, 0.15) is 0 Å². The second-order valence-corrected chi connectivity index (χ2v) is 4.70. The highest BCUT2D eigenvalue weighted by molar-refractivity contribution is 4.83. The number of aliphatic hydroxyl groups is 1. The average molecular weight is 198 g/mol. The quantitative estimate of drug-likeness (QED) is 0.691. The van der Waals surface area contributed by atoms with Crippen LogP contribution in [-0.4, -0.2) is 48.8 Å². The molecule has 2 aliphatic heterocycles. The first kappa shape index (κ1) is 10.4. The molecule has 0 saturated carbocycles. The Hall–Kier alpha value is -0.120. The maximum Gasteiger partial charge on any atom is 0.0719 e. The Morgan fingerprint density at radius 3 is 2.29 bits per heavy atom. The topological polar surface area (TPSA) is 35.5 Å². The third kappa shape index (κ3) is 2.69. The standard InChI is InChI=1S/C11H22N2O/c14-11(10-7-12-8-10)9-13-5-3-1-2-4-6-13/h10-12,14H,1-9H2. The van der Waals surface area contributed by atoms with E-state index in [2.05, 4.69) is 10.2 Å². The van der Waals surface area contributed by atoms with Gasteiger partial charge in [0, 0.05) is 25.6 Å². The zero-order valence-electron chi connectivity index (χ0n) is 8.91. The van der Waals surface area contributed by atoms with E-state index in [1.54, 1.807) is 0 Å². The predicted molar refractivity (Wildman–Crippen MR) is 57.3 cm³/mol. The van der Waals surface area contributed by atoms with Crippen LogP contribution in [0.4, 0.5) is 0 Å². The predicted octanol–water partition coefficient (Wildman–Crippen LogP) is 0.443. The van der Waals surface area contributed by atoms with Gasteiger partial charge < -0.3 is 15.3 Å². The van der Waals surface area contributed by atoms with Crippen LogP contribution in [0.2, 0.25) is 0 Å². The molecule has 0 bridgehead atoms. The molecule has 3 heteroatoms. The molecule has 1 atom stereocenters. The van der Waals surface area contributed by atoms with E-state index in [4.69, 9.17) is 0 Å². The first-order chi connectivity index (χ1) is 6.86. The van der Waals surface area contributed by atoms with Crippen LogP contribution in [0.1, 0.15) is 25.7 Å².